The average Bonchev–Trinajstić information content (AvgIpc) is 3.25. The summed E-state index contributed by atoms with van der Waals surface area (Å²) in [5.41, 5.74) is 0.254. The minimum absolute atomic E-state index is 0.0584. The van der Waals surface area contributed by atoms with Crippen LogP contribution in [0, 0.1) is 16.7 Å². The number of phenolic OH excluding ortho intramolecular Hbond substituents is 1. The number of nitrogens with one attached hydrogen (secondary N) is 2. The molecule has 0 unspecified atom stereocenters. The van der Waals surface area contributed by atoms with E-state index in [2.05, 4.69) is 24.5 Å². The predicted octanol–water partition coefficient (Wildman–Crippen LogP) is 4.81. The van der Waals surface area contributed by atoms with Gasteiger partial charge in [0, 0.05) is 40.8 Å². The molecule has 0 aliphatic heterocycles. The van der Waals surface area contributed by atoms with Crippen LogP contribution in [0.2, 0.25) is 0 Å². The van der Waals surface area contributed by atoms with Gasteiger partial charge in [0.2, 0.25) is 11.8 Å². The van der Waals surface area contributed by atoms with Gasteiger partial charge < -0.3 is 26.0 Å². The van der Waals surface area contributed by atoms with Crippen molar-refractivity contribution < 1.29 is 24.9 Å². The maximum Gasteiger partial charge on any atom is 0.226 e. The highest BCUT2D eigenvalue weighted by Gasteiger charge is 2.59. The number of rotatable bonds is 9. The van der Waals surface area contributed by atoms with E-state index in [9.17, 15) is 24.9 Å². The molecule has 0 saturated heterocycles. The third kappa shape index (κ3) is 5.54. The summed E-state index contributed by atoms with van der Waals surface area (Å²) < 4.78 is 0. The molecule has 2 aliphatic carbocycles. The Hall–Kier alpha value is -2.49. The topological polar surface area (TPSA) is 132 Å². The number of aromatic nitrogens is 1. The molecule has 8 nitrogen and oxygen atoms in total. The summed E-state index contributed by atoms with van der Waals surface area (Å²) in [4.78, 5) is 31.6. The number of amides is 2. The van der Waals surface area contributed by atoms with Crippen molar-refractivity contribution in [2.45, 2.75) is 84.2 Å². The number of thiazole rings is 1. The zero-order valence-electron chi connectivity index (χ0n) is 21.9. The molecule has 202 valence electrons. The molecule has 4 rings (SSSR count). The number of fused-ring (bicyclic) bond motifs is 2. The molecule has 37 heavy (non-hydrogen) atoms. The molecule has 2 aliphatic rings. The molecule has 5 N–H and O–H groups in total. The van der Waals surface area contributed by atoms with Gasteiger partial charge in [-0.25, -0.2) is 4.98 Å². The smallest absolute Gasteiger partial charge is 0.226 e. The second-order valence-electron chi connectivity index (χ2n) is 11.2. The number of hydrogen-bond acceptors (Lipinski definition) is 7. The Morgan fingerprint density at radius 1 is 1.19 bits per heavy atom. The summed E-state index contributed by atoms with van der Waals surface area (Å²) in [6.45, 7) is 6.04. The number of phenols is 1. The first-order valence-corrected chi connectivity index (χ1v) is 14.1. The molecule has 2 amide bonds. The van der Waals surface area contributed by atoms with E-state index in [-0.39, 0.29) is 47.8 Å². The normalized spacial score (nSPS) is 28.7. The second-order valence-corrected chi connectivity index (χ2v) is 12.3. The number of aromatic hydroxyl groups is 1. The van der Waals surface area contributed by atoms with Crippen molar-refractivity contribution >= 4 is 34.0 Å². The van der Waals surface area contributed by atoms with E-state index < -0.39 is 11.5 Å². The summed E-state index contributed by atoms with van der Waals surface area (Å²) in [6.07, 6.45) is 4.73. The molecule has 0 bridgehead atoms. The first-order chi connectivity index (χ1) is 17.6. The number of aliphatic hydroxyl groups excluding tert-OH is 2. The van der Waals surface area contributed by atoms with Crippen molar-refractivity contribution in [3.63, 3.8) is 0 Å². The van der Waals surface area contributed by atoms with E-state index in [0.717, 1.165) is 29.8 Å². The minimum Gasteiger partial charge on any atom is -0.508 e. The van der Waals surface area contributed by atoms with E-state index in [0.29, 0.717) is 36.5 Å². The Labute approximate surface area is 222 Å². The SMILES string of the molecule is CCCCCC(=O)Nc1nc2c(s1)C[C@H]1[C@](C)(CO)[C@H](O)CC[C@@]1(C)[C@@H]2CC(=O)Nc1cccc(O)c1. The van der Waals surface area contributed by atoms with Gasteiger partial charge in [0.25, 0.3) is 0 Å². The van der Waals surface area contributed by atoms with Crippen LogP contribution >= 0.6 is 11.3 Å². The van der Waals surface area contributed by atoms with Crippen molar-refractivity contribution in [1.82, 2.24) is 4.98 Å². The standard InChI is InChI=1S/C28H39N3O5S/c1-4-5-6-10-23(35)30-26-31-25-19(14-24(36)29-17-8-7-9-18(33)13-17)27(2)12-11-22(34)28(3,16-32)21(27)15-20(25)37-26/h7-9,13,19,21-22,32-34H,4-6,10-12,14-16H2,1-3H3,(H,29,36)(H,30,31,35)/t19-,21-,22-,27+,28+/m1/s1. The largest absolute Gasteiger partial charge is 0.508 e. The molecule has 5 atom stereocenters. The molecular formula is C28H39N3O5S. The minimum atomic E-state index is -0.710. The Balaban J connectivity index is 1.65. The highest BCUT2D eigenvalue weighted by molar-refractivity contribution is 7.15. The number of nitrogens with zero attached hydrogens (tertiary/aromatic N) is 1. The first-order valence-electron chi connectivity index (χ1n) is 13.3. The van der Waals surface area contributed by atoms with Crippen LogP contribution in [0.3, 0.4) is 0 Å². The van der Waals surface area contributed by atoms with Crippen molar-refractivity contribution in [2.75, 3.05) is 17.2 Å². The Bertz CT molecular complexity index is 1140. The third-order valence-corrected chi connectivity index (χ3v) is 9.68. The van der Waals surface area contributed by atoms with Gasteiger partial charge in [-0.1, -0.05) is 39.7 Å². The van der Waals surface area contributed by atoms with Crippen LogP contribution in [0.15, 0.2) is 24.3 Å². The molecule has 0 radical (unpaired) electrons. The van der Waals surface area contributed by atoms with E-state index in [4.69, 9.17) is 4.98 Å². The lowest BCUT2D eigenvalue weighted by molar-refractivity contribution is -0.143. The van der Waals surface area contributed by atoms with Crippen LogP contribution in [0.5, 0.6) is 5.75 Å². The predicted molar refractivity (Wildman–Crippen MR) is 145 cm³/mol. The fourth-order valence-corrected chi connectivity index (χ4v) is 7.48. The van der Waals surface area contributed by atoms with Crippen LogP contribution in [0.25, 0.3) is 0 Å². The number of hydrogen-bond donors (Lipinski definition) is 5. The zero-order valence-corrected chi connectivity index (χ0v) is 22.7. The lowest BCUT2D eigenvalue weighted by atomic mass is 9.47. The van der Waals surface area contributed by atoms with E-state index >= 15 is 0 Å². The summed E-state index contributed by atoms with van der Waals surface area (Å²) in [5.74, 6) is -0.494. The summed E-state index contributed by atoms with van der Waals surface area (Å²) in [5, 5.41) is 37.5. The molecule has 1 aromatic carbocycles. The van der Waals surface area contributed by atoms with Gasteiger partial charge >= 0.3 is 0 Å². The Morgan fingerprint density at radius 2 is 1.97 bits per heavy atom. The van der Waals surface area contributed by atoms with Crippen LogP contribution in [0.1, 0.15) is 82.2 Å². The Morgan fingerprint density at radius 3 is 2.68 bits per heavy atom. The quantitative estimate of drug-likeness (QED) is 0.296. The average molecular weight is 530 g/mol. The van der Waals surface area contributed by atoms with Crippen LogP contribution in [-0.2, 0) is 16.0 Å². The van der Waals surface area contributed by atoms with E-state index in [1.54, 1.807) is 18.2 Å². The fraction of sp³-hybridized carbons (Fsp3) is 0.607. The first kappa shape index (κ1) is 27.5. The highest BCUT2D eigenvalue weighted by atomic mass is 32.1. The van der Waals surface area contributed by atoms with Gasteiger partial charge in [0.15, 0.2) is 5.13 Å². The number of carbonyl (C=O) groups is 2. The maximum atomic E-state index is 13.3. The number of benzene rings is 1. The van der Waals surface area contributed by atoms with Gasteiger partial charge in [-0.2, -0.15) is 0 Å². The van der Waals surface area contributed by atoms with Crippen LogP contribution in [-0.4, -0.2) is 44.8 Å². The van der Waals surface area contributed by atoms with Gasteiger partial charge in [-0.15, -0.1) is 11.3 Å². The van der Waals surface area contributed by atoms with Crippen molar-refractivity contribution in [3.05, 3.63) is 34.8 Å². The number of anilines is 2. The van der Waals surface area contributed by atoms with Gasteiger partial charge in [-0.3, -0.25) is 9.59 Å². The fourth-order valence-electron chi connectivity index (χ4n) is 6.40. The molecule has 1 saturated carbocycles. The highest BCUT2D eigenvalue weighted by Crippen LogP contribution is 2.62. The number of carbonyl (C=O) groups excluding carboxylic acids is 2. The monoisotopic (exact) mass is 529 g/mol. The molecule has 0 spiro atoms. The van der Waals surface area contributed by atoms with Gasteiger partial charge in [0.05, 0.1) is 18.4 Å². The maximum absolute atomic E-state index is 13.3. The number of unbranched alkanes of at least 4 members (excludes halogenated alkanes) is 2. The summed E-state index contributed by atoms with van der Waals surface area (Å²) >= 11 is 1.44. The second kappa shape index (κ2) is 11.1. The summed E-state index contributed by atoms with van der Waals surface area (Å²) in [7, 11) is 0. The van der Waals surface area contributed by atoms with Crippen molar-refractivity contribution in [1.29, 1.82) is 0 Å². The Kier molecular flexibility index (Phi) is 8.26. The van der Waals surface area contributed by atoms with E-state index in [1.165, 1.54) is 17.4 Å². The molecule has 1 fully saturated rings. The molecule has 1 aromatic heterocycles. The molecular weight excluding hydrogens is 490 g/mol. The number of aliphatic hydroxyl groups is 2. The van der Waals surface area contributed by atoms with Crippen molar-refractivity contribution in [3.8, 4) is 5.75 Å². The zero-order chi connectivity index (χ0) is 26.8. The van der Waals surface area contributed by atoms with Gasteiger partial charge in [-0.05, 0) is 49.1 Å². The van der Waals surface area contributed by atoms with E-state index in [1.807, 2.05) is 6.92 Å². The van der Waals surface area contributed by atoms with Gasteiger partial charge in [0.1, 0.15) is 5.75 Å². The lowest BCUT2D eigenvalue weighted by Crippen LogP contribution is -2.57. The third-order valence-electron chi connectivity index (χ3n) is 8.67. The molecule has 2 aromatic rings. The van der Waals surface area contributed by atoms with Crippen LogP contribution < -0.4 is 10.6 Å². The van der Waals surface area contributed by atoms with Crippen molar-refractivity contribution in [2.24, 2.45) is 16.7 Å². The molecule has 1 heterocycles. The van der Waals surface area contributed by atoms with Crippen LogP contribution in [0.4, 0.5) is 10.8 Å². The lowest BCUT2D eigenvalue weighted by Gasteiger charge is -2.58. The summed E-state index contributed by atoms with van der Waals surface area (Å²) in [6, 6.07) is 6.45. The molecule has 9 heteroatoms.